The van der Waals surface area contributed by atoms with Crippen molar-refractivity contribution < 1.29 is 9.90 Å². The highest BCUT2D eigenvalue weighted by molar-refractivity contribution is 5.97. The molecule has 0 saturated carbocycles. The van der Waals surface area contributed by atoms with Crippen LogP contribution in [-0.4, -0.2) is 86.7 Å². The molecule has 1 aromatic carbocycles. The topological polar surface area (TPSA) is 99.1 Å². The van der Waals surface area contributed by atoms with Crippen LogP contribution >= 0.6 is 0 Å². The molecule has 0 spiro atoms. The Labute approximate surface area is 157 Å². The molecule has 0 fully saturated rings. The van der Waals surface area contributed by atoms with Crippen molar-refractivity contribution in [2.24, 2.45) is 0 Å². The van der Waals surface area contributed by atoms with Gasteiger partial charge in [0.2, 0.25) is 0 Å². The highest BCUT2D eigenvalue weighted by atomic mass is 16.4. The van der Waals surface area contributed by atoms with E-state index in [1.54, 1.807) is 12.1 Å². The van der Waals surface area contributed by atoms with Gasteiger partial charge in [-0.1, -0.05) is 6.07 Å². The minimum absolute atomic E-state index is 0.0695. The number of nitrogen functional groups attached to an aromatic ring is 2. The van der Waals surface area contributed by atoms with Crippen LogP contribution < -0.4 is 11.5 Å². The Bertz CT molecular complexity index is 561. The maximum absolute atomic E-state index is 11.1. The molecule has 0 aliphatic carbocycles. The zero-order valence-corrected chi connectivity index (χ0v) is 16.7. The van der Waals surface area contributed by atoms with E-state index in [0.717, 1.165) is 57.5 Å². The second-order valence-corrected chi connectivity index (χ2v) is 7.31. The largest absolute Gasteiger partial charge is 0.478 e. The minimum atomic E-state index is -1.05. The zero-order chi connectivity index (χ0) is 19.7. The van der Waals surface area contributed by atoms with Gasteiger partial charge in [0.15, 0.2) is 0 Å². The van der Waals surface area contributed by atoms with Crippen LogP contribution in [0.5, 0.6) is 0 Å². The van der Waals surface area contributed by atoms with E-state index in [1.807, 2.05) is 0 Å². The third kappa shape index (κ3) is 7.59. The van der Waals surface area contributed by atoms with Crippen LogP contribution in [0.1, 0.15) is 28.8 Å². The lowest BCUT2D eigenvalue weighted by atomic mass is 10.0. The fourth-order valence-electron chi connectivity index (χ4n) is 2.92. The molecule has 5 N–H and O–H groups in total. The highest BCUT2D eigenvalue weighted by Gasteiger charge is 2.14. The van der Waals surface area contributed by atoms with Crippen LogP contribution in [0.15, 0.2) is 12.1 Å². The Morgan fingerprint density at radius 2 is 1.42 bits per heavy atom. The lowest BCUT2D eigenvalue weighted by molar-refractivity contribution is 0.0698. The molecule has 0 unspecified atom stereocenters. The Balaban J connectivity index is 2.68. The van der Waals surface area contributed by atoms with E-state index in [1.165, 1.54) is 0 Å². The summed E-state index contributed by atoms with van der Waals surface area (Å²) in [6.07, 6.45) is 2.99. The molecule has 0 radical (unpaired) electrons. The number of benzene rings is 1. The average molecular weight is 366 g/mol. The van der Waals surface area contributed by atoms with Gasteiger partial charge in [-0.15, -0.1) is 0 Å². The highest BCUT2D eigenvalue weighted by Crippen LogP contribution is 2.25. The summed E-state index contributed by atoms with van der Waals surface area (Å²) in [5.41, 5.74) is 13.5. The summed E-state index contributed by atoms with van der Waals surface area (Å²) in [6.45, 7) is 5.08. The Kier molecular flexibility index (Phi) is 9.40. The van der Waals surface area contributed by atoms with Gasteiger partial charge in [0.25, 0.3) is 0 Å². The molecule has 1 rings (SSSR count). The number of aromatic carboxylic acids is 1. The molecular formula is C19H35N5O2. The van der Waals surface area contributed by atoms with Gasteiger partial charge in [0, 0.05) is 6.54 Å². The van der Waals surface area contributed by atoms with Crippen molar-refractivity contribution in [3.05, 3.63) is 23.3 Å². The maximum atomic E-state index is 11.1. The quantitative estimate of drug-likeness (QED) is 0.480. The summed E-state index contributed by atoms with van der Waals surface area (Å²) in [5, 5.41) is 9.13. The van der Waals surface area contributed by atoms with Crippen LogP contribution in [0, 0.1) is 0 Å². The van der Waals surface area contributed by atoms with E-state index in [0.29, 0.717) is 5.69 Å². The first-order valence-corrected chi connectivity index (χ1v) is 9.14. The van der Waals surface area contributed by atoms with E-state index in [4.69, 9.17) is 16.6 Å². The molecule has 0 saturated heterocycles. The van der Waals surface area contributed by atoms with Crippen LogP contribution in [-0.2, 0) is 6.42 Å². The summed E-state index contributed by atoms with van der Waals surface area (Å²) in [5.74, 6) is -1.05. The smallest absolute Gasteiger partial charge is 0.337 e. The summed E-state index contributed by atoms with van der Waals surface area (Å²) >= 11 is 0. The van der Waals surface area contributed by atoms with E-state index < -0.39 is 5.97 Å². The molecule has 0 amide bonds. The zero-order valence-electron chi connectivity index (χ0n) is 16.7. The normalized spacial score (nSPS) is 11.7. The molecule has 7 heteroatoms. The van der Waals surface area contributed by atoms with Gasteiger partial charge in [-0.3, -0.25) is 0 Å². The van der Waals surface area contributed by atoms with Crippen molar-refractivity contribution >= 4 is 17.3 Å². The molecule has 0 aliphatic rings. The number of nitrogens with two attached hydrogens (primary N) is 2. The van der Waals surface area contributed by atoms with E-state index in [-0.39, 0.29) is 11.3 Å². The molecule has 0 aromatic heterocycles. The number of rotatable bonds is 12. The second kappa shape index (κ2) is 11.0. The van der Waals surface area contributed by atoms with Crippen LogP contribution in [0.3, 0.4) is 0 Å². The van der Waals surface area contributed by atoms with Gasteiger partial charge >= 0.3 is 5.97 Å². The maximum Gasteiger partial charge on any atom is 0.337 e. The summed E-state index contributed by atoms with van der Waals surface area (Å²) in [7, 11) is 8.35. The second-order valence-electron chi connectivity index (χ2n) is 7.31. The minimum Gasteiger partial charge on any atom is -0.478 e. The Morgan fingerprint density at radius 1 is 0.885 bits per heavy atom. The molecule has 7 nitrogen and oxygen atoms in total. The number of hydrogen-bond donors (Lipinski definition) is 3. The number of nitrogens with zero attached hydrogens (tertiary/aromatic N) is 3. The first-order valence-electron chi connectivity index (χ1n) is 9.14. The molecule has 0 atom stereocenters. The van der Waals surface area contributed by atoms with Gasteiger partial charge < -0.3 is 31.3 Å². The lowest BCUT2D eigenvalue weighted by Gasteiger charge is -2.24. The van der Waals surface area contributed by atoms with E-state index in [9.17, 15) is 4.79 Å². The van der Waals surface area contributed by atoms with Gasteiger partial charge in [0.1, 0.15) is 0 Å². The average Bonchev–Trinajstić information content (AvgIpc) is 2.54. The van der Waals surface area contributed by atoms with E-state index in [2.05, 4.69) is 42.9 Å². The van der Waals surface area contributed by atoms with Crippen molar-refractivity contribution in [3.8, 4) is 0 Å². The predicted octanol–water partition coefficient (Wildman–Crippen LogP) is 1.30. The first kappa shape index (κ1) is 22.2. The molecule has 26 heavy (non-hydrogen) atoms. The molecule has 148 valence electrons. The van der Waals surface area contributed by atoms with Crippen molar-refractivity contribution in [2.45, 2.75) is 19.3 Å². The summed E-state index contributed by atoms with van der Waals surface area (Å²) < 4.78 is 0. The summed E-state index contributed by atoms with van der Waals surface area (Å²) in [6, 6.07) is 3.33. The number of hydrogen-bond acceptors (Lipinski definition) is 6. The molecular weight excluding hydrogens is 330 g/mol. The monoisotopic (exact) mass is 365 g/mol. The molecule has 1 aromatic rings. The standard InChI is InChI=1S/C19H35N5O2/c1-22(2)10-5-12-24(13-6-11-23(3)4)14-9-15-7-8-16(19(25)26)18(21)17(15)20/h7-8H,5-6,9-14,20-21H2,1-4H3,(H,25,26). The third-order valence-corrected chi connectivity index (χ3v) is 4.46. The van der Waals surface area contributed by atoms with Gasteiger partial charge in [0.05, 0.1) is 16.9 Å². The van der Waals surface area contributed by atoms with E-state index >= 15 is 0 Å². The molecule has 0 aliphatic heterocycles. The Hall–Kier alpha value is -1.83. The van der Waals surface area contributed by atoms with Crippen LogP contribution in [0.25, 0.3) is 0 Å². The first-order chi connectivity index (χ1) is 12.2. The van der Waals surface area contributed by atoms with Crippen molar-refractivity contribution in [1.29, 1.82) is 0 Å². The molecule has 0 bridgehead atoms. The Morgan fingerprint density at radius 3 is 1.88 bits per heavy atom. The van der Waals surface area contributed by atoms with Crippen molar-refractivity contribution in [2.75, 3.05) is 72.4 Å². The van der Waals surface area contributed by atoms with Crippen molar-refractivity contribution in [1.82, 2.24) is 14.7 Å². The van der Waals surface area contributed by atoms with Gasteiger partial charge in [-0.05, 0) is 85.3 Å². The molecule has 0 heterocycles. The van der Waals surface area contributed by atoms with Crippen LogP contribution in [0.2, 0.25) is 0 Å². The third-order valence-electron chi connectivity index (χ3n) is 4.46. The number of carbonyl (C=O) groups is 1. The number of carboxylic acid groups (broad SMARTS) is 1. The number of anilines is 2. The van der Waals surface area contributed by atoms with Gasteiger partial charge in [-0.2, -0.15) is 0 Å². The van der Waals surface area contributed by atoms with Crippen molar-refractivity contribution in [3.63, 3.8) is 0 Å². The SMILES string of the molecule is CN(C)CCCN(CCCN(C)C)CCc1ccc(C(=O)O)c(N)c1N. The predicted molar refractivity (Wildman–Crippen MR) is 109 cm³/mol. The lowest BCUT2D eigenvalue weighted by Crippen LogP contribution is -2.32. The fourth-order valence-corrected chi connectivity index (χ4v) is 2.92. The fraction of sp³-hybridized carbons (Fsp3) is 0.632. The summed E-state index contributed by atoms with van der Waals surface area (Å²) in [4.78, 5) is 18.0. The van der Waals surface area contributed by atoms with Crippen LogP contribution in [0.4, 0.5) is 11.4 Å². The number of carboxylic acids is 1. The van der Waals surface area contributed by atoms with Gasteiger partial charge in [-0.25, -0.2) is 4.79 Å².